The normalized spacial score (nSPS) is 7.70. The van der Waals surface area contributed by atoms with Crippen LogP contribution >= 0.6 is 0 Å². The van der Waals surface area contributed by atoms with Gasteiger partial charge in [0.25, 0.3) is 0 Å². The third-order valence-corrected chi connectivity index (χ3v) is 1.07. The van der Waals surface area contributed by atoms with Gasteiger partial charge in [-0.15, -0.1) is 5.73 Å². The molecule has 0 fully saturated rings. The van der Waals surface area contributed by atoms with Crippen LogP contribution in [-0.4, -0.2) is 0 Å². The topological polar surface area (TPSA) is 0 Å². The van der Waals surface area contributed by atoms with E-state index in [2.05, 4.69) is 33.1 Å². The second kappa shape index (κ2) is 11.3. The van der Waals surface area contributed by atoms with Crippen molar-refractivity contribution in [3.05, 3.63) is 18.4 Å². The van der Waals surface area contributed by atoms with Crippen molar-refractivity contribution in [2.24, 2.45) is 5.92 Å². The molecule has 0 aromatic carbocycles. The fourth-order valence-corrected chi connectivity index (χ4v) is 0.577. The molecule has 0 aliphatic heterocycles. The van der Waals surface area contributed by atoms with E-state index in [4.69, 9.17) is 0 Å². The monoisotopic (exact) mass is 140 g/mol. The molecule has 0 bridgehead atoms. The highest BCUT2D eigenvalue weighted by molar-refractivity contribution is 4.67. The maximum Gasteiger partial charge on any atom is -0.0393 e. The lowest BCUT2D eigenvalue weighted by Crippen LogP contribution is -1.81. The van der Waals surface area contributed by atoms with Gasteiger partial charge in [-0.2, -0.15) is 0 Å². The third kappa shape index (κ3) is 25.8. The fraction of sp³-hybridized carbons (Fsp3) is 0.700. The van der Waals surface area contributed by atoms with E-state index in [-0.39, 0.29) is 0 Å². The first-order valence-corrected chi connectivity index (χ1v) is 3.99. The van der Waals surface area contributed by atoms with E-state index in [1.54, 1.807) is 6.08 Å². The molecule has 0 radical (unpaired) electrons. The lowest BCUT2D eigenvalue weighted by atomic mass is 10.1. The maximum absolute atomic E-state index is 3.30. The molecule has 10 heavy (non-hydrogen) atoms. The molecular formula is C10H20. The number of rotatable bonds is 2. The summed E-state index contributed by atoms with van der Waals surface area (Å²) in [5, 5.41) is 0. The van der Waals surface area contributed by atoms with E-state index < -0.39 is 0 Å². The standard InChI is InChI=1S/C6H14.C4H6/c1-4-5-6(2)3;1-3-4-2/h6H,4-5H2,1-3H3;4H,1H2,2H3. The second-order valence-electron chi connectivity index (χ2n) is 2.68. The SMILES string of the molecule is C=C=CC.CCCC(C)C. The average Bonchev–Trinajstić information content (AvgIpc) is 1.89. The molecule has 0 amide bonds. The van der Waals surface area contributed by atoms with Crippen molar-refractivity contribution in [1.29, 1.82) is 0 Å². The van der Waals surface area contributed by atoms with Crippen LogP contribution in [0.25, 0.3) is 0 Å². The van der Waals surface area contributed by atoms with Gasteiger partial charge in [0.2, 0.25) is 0 Å². The van der Waals surface area contributed by atoms with Crippen LogP contribution in [0.5, 0.6) is 0 Å². The molecule has 60 valence electrons. The molecule has 0 aromatic heterocycles. The fourth-order valence-electron chi connectivity index (χ4n) is 0.577. The van der Waals surface area contributed by atoms with Gasteiger partial charge in [0.15, 0.2) is 0 Å². The Morgan fingerprint density at radius 3 is 1.90 bits per heavy atom. The lowest BCUT2D eigenvalue weighted by molar-refractivity contribution is 0.576. The largest absolute Gasteiger partial charge is 0.133 e. The molecule has 0 aromatic rings. The highest BCUT2D eigenvalue weighted by Crippen LogP contribution is 2.00. The summed E-state index contributed by atoms with van der Waals surface area (Å²) in [7, 11) is 0. The Balaban J connectivity index is 0. The van der Waals surface area contributed by atoms with Crippen LogP contribution in [-0.2, 0) is 0 Å². The molecule has 0 saturated carbocycles. The van der Waals surface area contributed by atoms with E-state index >= 15 is 0 Å². The van der Waals surface area contributed by atoms with Crippen LogP contribution < -0.4 is 0 Å². The number of hydrogen-bond donors (Lipinski definition) is 0. The smallest absolute Gasteiger partial charge is 0.0393 e. The summed E-state index contributed by atoms with van der Waals surface area (Å²) in [4.78, 5) is 0. The number of hydrogen-bond acceptors (Lipinski definition) is 0. The molecule has 0 unspecified atom stereocenters. The van der Waals surface area contributed by atoms with Gasteiger partial charge in [-0.25, -0.2) is 0 Å². The highest BCUT2D eigenvalue weighted by atomic mass is 13.9. The van der Waals surface area contributed by atoms with Crippen molar-refractivity contribution in [3.8, 4) is 0 Å². The van der Waals surface area contributed by atoms with Gasteiger partial charge in [-0.3, -0.25) is 0 Å². The van der Waals surface area contributed by atoms with Crippen LogP contribution in [0.2, 0.25) is 0 Å². The van der Waals surface area contributed by atoms with Crippen molar-refractivity contribution in [2.75, 3.05) is 0 Å². The quantitative estimate of drug-likeness (QED) is 0.512. The Morgan fingerprint density at radius 2 is 1.90 bits per heavy atom. The van der Waals surface area contributed by atoms with Crippen molar-refractivity contribution < 1.29 is 0 Å². The lowest BCUT2D eigenvalue weighted by Gasteiger charge is -1.95. The van der Waals surface area contributed by atoms with E-state index in [0.29, 0.717) is 0 Å². The van der Waals surface area contributed by atoms with Gasteiger partial charge in [0.05, 0.1) is 0 Å². The minimum Gasteiger partial charge on any atom is -0.133 e. The van der Waals surface area contributed by atoms with Gasteiger partial charge < -0.3 is 0 Å². The van der Waals surface area contributed by atoms with Crippen molar-refractivity contribution in [3.63, 3.8) is 0 Å². The molecule has 0 spiro atoms. The molecule has 0 aliphatic rings. The Morgan fingerprint density at radius 1 is 1.50 bits per heavy atom. The van der Waals surface area contributed by atoms with Gasteiger partial charge in [0, 0.05) is 0 Å². The van der Waals surface area contributed by atoms with Crippen molar-refractivity contribution in [2.45, 2.75) is 40.5 Å². The first kappa shape index (κ1) is 12.2. The average molecular weight is 140 g/mol. The third-order valence-electron chi connectivity index (χ3n) is 1.07. The molecule has 0 N–H and O–H groups in total. The first-order valence-electron chi connectivity index (χ1n) is 3.99. The van der Waals surface area contributed by atoms with E-state index in [9.17, 15) is 0 Å². The predicted molar refractivity (Wildman–Crippen MR) is 49.1 cm³/mol. The second-order valence-corrected chi connectivity index (χ2v) is 2.68. The predicted octanol–water partition coefficient (Wildman–Crippen LogP) is 3.79. The zero-order valence-corrected chi connectivity index (χ0v) is 7.78. The van der Waals surface area contributed by atoms with E-state index in [1.807, 2.05) is 6.92 Å². The van der Waals surface area contributed by atoms with E-state index in [1.165, 1.54) is 12.8 Å². The van der Waals surface area contributed by atoms with Gasteiger partial charge in [0.1, 0.15) is 0 Å². The molecule has 0 rings (SSSR count). The van der Waals surface area contributed by atoms with Gasteiger partial charge in [-0.05, 0) is 18.9 Å². The molecule has 0 atom stereocenters. The minimum absolute atomic E-state index is 0.898. The summed E-state index contributed by atoms with van der Waals surface area (Å²) >= 11 is 0. The van der Waals surface area contributed by atoms with Gasteiger partial charge in [-0.1, -0.05) is 40.2 Å². The van der Waals surface area contributed by atoms with Crippen LogP contribution in [0, 0.1) is 5.92 Å². The van der Waals surface area contributed by atoms with Crippen LogP contribution in [0.15, 0.2) is 18.4 Å². The Hall–Kier alpha value is -0.480. The summed E-state index contributed by atoms with van der Waals surface area (Å²) in [6.45, 7) is 11.9. The summed E-state index contributed by atoms with van der Waals surface area (Å²) in [5.74, 6) is 0.898. The highest BCUT2D eigenvalue weighted by Gasteiger charge is 1.85. The summed E-state index contributed by atoms with van der Waals surface area (Å²) in [6, 6.07) is 0. The zero-order chi connectivity index (χ0) is 8.41. The first-order chi connectivity index (χ1) is 4.68. The Kier molecular flexibility index (Phi) is 13.9. The zero-order valence-electron chi connectivity index (χ0n) is 7.78. The molecule has 0 saturated heterocycles. The minimum atomic E-state index is 0.898. The molecule has 0 heteroatoms. The molecule has 0 heterocycles. The Bertz CT molecular complexity index is 84.2. The van der Waals surface area contributed by atoms with Gasteiger partial charge >= 0.3 is 0 Å². The molecule has 0 aliphatic carbocycles. The Labute approximate surface area is 65.7 Å². The summed E-state index contributed by atoms with van der Waals surface area (Å²) in [5.41, 5.74) is 2.56. The molecular weight excluding hydrogens is 120 g/mol. The molecule has 0 nitrogen and oxygen atoms in total. The van der Waals surface area contributed by atoms with Crippen LogP contribution in [0.4, 0.5) is 0 Å². The maximum atomic E-state index is 3.30. The van der Waals surface area contributed by atoms with Crippen molar-refractivity contribution >= 4 is 0 Å². The van der Waals surface area contributed by atoms with Crippen LogP contribution in [0.3, 0.4) is 0 Å². The van der Waals surface area contributed by atoms with E-state index in [0.717, 1.165) is 5.92 Å². The summed E-state index contributed by atoms with van der Waals surface area (Å²) in [6.07, 6.45) is 4.47. The van der Waals surface area contributed by atoms with Crippen LogP contribution in [0.1, 0.15) is 40.5 Å². The summed E-state index contributed by atoms with van der Waals surface area (Å²) < 4.78 is 0. The van der Waals surface area contributed by atoms with Crippen molar-refractivity contribution in [1.82, 2.24) is 0 Å². The number of allylic oxidation sites excluding steroid dienone is 1.